The first-order valence-corrected chi connectivity index (χ1v) is 11.8. The molecule has 0 bridgehead atoms. The average Bonchev–Trinajstić information content (AvgIpc) is 3.51. The molecule has 0 aliphatic carbocycles. The van der Waals surface area contributed by atoms with Gasteiger partial charge in [-0.05, 0) is 35.4 Å². The van der Waals surface area contributed by atoms with E-state index in [1.807, 2.05) is 48.7 Å². The Balaban J connectivity index is 1.54. The first-order chi connectivity index (χ1) is 14.9. The molecule has 0 amide bonds. The topological polar surface area (TPSA) is 104 Å². The summed E-state index contributed by atoms with van der Waals surface area (Å²) >= 11 is 0. The van der Waals surface area contributed by atoms with Crippen molar-refractivity contribution in [3.8, 4) is 16.9 Å². The maximum absolute atomic E-state index is 12.3. The molecule has 2 aromatic carbocycles. The Kier molecular flexibility index (Phi) is 4.79. The Morgan fingerprint density at radius 2 is 1.84 bits per heavy atom. The summed E-state index contributed by atoms with van der Waals surface area (Å²) in [5, 5.41) is 6.84. The maximum atomic E-state index is 12.3. The zero-order chi connectivity index (χ0) is 21.6. The number of rotatable bonds is 5. The van der Waals surface area contributed by atoms with Gasteiger partial charge in [-0.3, -0.25) is 5.10 Å². The van der Waals surface area contributed by atoms with Crippen molar-refractivity contribution in [2.45, 2.75) is 11.8 Å². The van der Waals surface area contributed by atoms with Crippen molar-refractivity contribution in [3.63, 3.8) is 0 Å². The van der Waals surface area contributed by atoms with Gasteiger partial charge in [0.2, 0.25) is 10.0 Å². The molecule has 2 atom stereocenters. The van der Waals surface area contributed by atoms with E-state index in [-0.39, 0.29) is 11.8 Å². The number of nitrogens with zero attached hydrogens (tertiary/aromatic N) is 3. The molecule has 4 aromatic rings. The van der Waals surface area contributed by atoms with Crippen molar-refractivity contribution in [2.75, 3.05) is 26.5 Å². The lowest BCUT2D eigenvalue weighted by Crippen LogP contribution is -2.27. The fourth-order valence-corrected chi connectivity index (χ4v) is 5.16. The molecular weight excluding hydrogens is 414 g/mol. The van der Waals surface area contributed by atoms with Crippen LogP contribution < -0.4 is 4.74 Å². The molecule has 0 unspecified atom stereocenters. The number of hydrogen-bond donors (Lipinski definition) is 2. The Bertz CT molecular complexity index is 1310. The minimum Gasteiger partial charge on any atom is -0.497 e. The number of methoxy groups -OCH3 is 1. The van der Waals surface area contributed by atoms with Crippen molar-refractivity contribution < 1.29 is 13.2 Å². The highest BCUT2D eigenvalue weighted by Gasteiger charge is 2.40. The predicted octanol–water partition coefficient (Wildman–Crippen LogP) is 3.10. The van der Waals surface area contributed by atoms with Gasteiger partial charge in [0.25, 0.3) is 0 Å². The maximum Gasteiger partial charge on any atom is 0.211 e. The van der Waals surface area contributed by atoms with Crippen molar-refractivity contribution >= 4 is 21.1 Å². The molecule has 1 aliphatic rings. The summed E-state index contributed by atoms with van der Waals surface area (Å²) in [6.07, 6.45) is 4.88. The van der Waals surface area contributed by atoms with Crippen molar-refractivity contribution in [3.05, 3.63) is 66.2 Å². The van der Waals surface area contributed by atoms with E-state index in [4.69, 9.17) is 9.72 Å². The van der Waals surface area contributed by atoms with Gasteiger partial charge in [-0.1, -0.05) is 18.2 Å². The molecule has 0 radical (unpaired) electrons. The highest BCUT2D eigenvalue weighted by molar-refractivity contribution is 7.88. The smallest absolute Gasteiger partial charge is 0.211 e. The van der Waals surface area contributed by atoms with Gasteiger partial charge in [-0.15, -0.1) is 0 Å². The molecule has 9 heteroatoms. The second-order valence-corrected chi connectivity index (χ2v) is 9.89. The fraction of sp³-hybridized carbons (Fsp3) is 0.273. The quantitative estimate of drug-likeness (QED) is 0.499. The molecule has 2 aromatic heterocycles. The van der Waals surface area contributed by atoms with Gasteiger partial charge < -0.3 is 9.72 Å². The number of aromatic nitrogens is 4. The van der Waals surface area contributed by atoms with E-state index in [1.54, 1.807) is 13.3 Å². The summed E-state index contributed by atoms with van der Waals surface area (Å²) in [6.45, 7) is 0.817. The Morgan fingerprint density at radius 1 is 1.06 bits per heavy atom. The van der Waals surface area contributed by atoms with Gasteiger partial charge in [-0.25, -0.2) is 17.7 Å². The number of ether oxygens (including phenoxy) is 1. The summed E-state index contributed by atoms with van der Waals surface area (Å²) in [5.41, 5.74) is 4.87. The minimum atomic E-state index is -3.31. The molecule has 1 fully saturated rings. The molecule has 8 nitrogen and oxygen atoms in total. The first-order valence-electron chi connectivity index (χ1n) is 10.0. The molecule has 2 N–H and O–H groups in total. The number of H-pyrrole nitrogens is 2. The van der Waals surface area contributed by atoms with E-state index in [0.29, 0.717) is 13.1 Å². The van der Waals surface area contributed by atoms with Crippen LogP contribution in [0.1, 0.15) is 23.2 Å². The van der Waals surface area contributed by atoms with Crippen LogP contribution in [0.15, 0.2) is 54.9 Å². The third-order valence-electron chi connectivity index (χ3n) is 5.98. The highest BCUT2D eigenvalue weighted by Crippen LogP contribution is 2.40. The second-order valence-electron chi connectivity index (χ2n) is 7.91. The number of benzene rings is 2. The van der Waals surface area contributed by atoms with E-state index in [9.17, 15) is 8.42 Å². The molecule has 31 heavy (non-hydrogen) atoms. The Hall–Kier alpha value is -3.17. The summed E-state index contributed by atoms with van der Waals surface area (Å²) in [6, 6.07) is 13.8. The third-order valence-corrected chi connectivity index (χ3v) is 7.22. The van der Waals surface area contributed by atoms with E-state index in [0.717, 1.165) is 39.3 Å². The molecule has 1 aliphatic heterocycles. The Labute approximate surface area is 180 Å². The number of aromatic amines is 2. The third kappa shape index (κ3) is 3.70. The highest BCUT2D eigenvalue weighted by atomic mass is 32.2. The van der Waals surface area contributed by atoms with Crippen molar-refractivity contribution in [1.82, 2.24) is 24.5 Å². The van der Waals surface area contributed by atoms with Crippen LogP contribution in [0, 0.1) is 0 Å². The molecule has 0 saturated carbocycles. The van der Waals surface area contributed by atoms with E-state index >= 15 is 0 Å². The van der Waals surface area contributed by atoms with Gasteiger partial charge in [-0.2, -0.15) is 5.10 Å². The molecule has 1 saturated heterocycles. The number of fused-ring (bicyclic) bond motifs is 1. The number of hydrogen-bond acceptors (Lipinski definition) is 5. The number of imidazole rings is 1. The lowest BCUT2D eigenvalue weighted by molar-refractivity contribution is 0.414. The van der Waals surface area contributed by atoms with Gasteiger partial charge in [0, 0.05) is 36.7 Å². The van der Waals surface area contributed by atoms with Crippen LogP contribution in [-0.4, -0.2) is 59.3 Å². The van der Waals surface area contributed by atoms with Gasteiger partial charge >= 0.3 is 0 Å². The Morgan fingerprint density at radius 3 is 2.52 bits per heavy atom. The largest absolute Gasteiger partial charge is 0.497 e. The van der Waals surface area contributed by atoms with E-state index in [1.165, 1.54) is 10.6 Å². The average molecular weight is 438 g/mol. The second kappa shape index (κ2) is 7.51. The summed E-state index contributed by atoms with van der Waals surface area (Å²) in [4.78, 5) is 8.26. The van der Waals surface area contributed by atoms with Crippen LogP contribution >= 0.6 is 0 Å². The zero-order valence-corrected chi connectivity index (χ0v) is 18.1. The first kappa shape index (κ1) is 19.8. The number of sulfonamides is 1. The lowest BCUT2D eigenvalue weighted by atomic mass is 9.88. The summed E-state index contributed by atoms with van der Waals surface area (Å²) < 4.78 is 31.4. The van der Waals surface area contributed by atoms with Gasteiger partial charge in [0.05, 0.1) is 30.6 Å². The monoisotopic (exact) mass is 437 g/mol. The van der Waals surface area contributed by atoms with Crippen LogP contribution in [0.3, 0.4) is 0 Å². The summed E-state index contributed by atoms with van der Waals surface area (Å²) in [5.74, 6) is 1.49. The predicted molar refractivity (Wildman–Crippen MR) is 119 cm³/mol. The molecular formula is C22H23N5O3S. The van der Waals surface area contributed by atoms with E-state index < -0.39 is 10.0 Å². The molecule has 160 valence electrons. The zero-order valence-electron chi connectivity index (χ0n) is 17.2. The van der Waals surface area contributed by atoms with Crippen LogP contribution in [-0.2, 0) is 10.0 Å². The van der Waals surface area contributed by atoms with E-state index in [2.05, 4.69) is 15.2 Å². The standard InChI is InChI=1S/C22H23N5O3S/c1-30-17-6-3-14(4-7-17)18-12-27(31(2,28)29)13-19(18)22-25-20-8-5-15(9-21(20)26-22)16-10-23-24-11-16/h3-11,18-19H,12-13H2,1-2H3,(H,23,24)(H,25,26)/t18-,19+/m0/s1. The normalized spacial score (nSPS) is 19.8. The molecule has 0 spiro atoms. The van der Waals surface area contributed by atoms with Crippen molar-refractivity contribution in [1.29, 1.82) is 0 Å². The van der Waals surface area contributed by atoms with Crippen LogP contribution in [0.5, 0.6) is 5.75 Å². The van der Waals surface area contributed by atoms with Crippen molar-refractivity contribution in [2.24, 2.45) is 0 Å². The molecule has 5 rings (SSSR count). The molecule has 3 heterocycles. The minimum absolute atomic E-state index is 0.00506. The number of nitrogens with one attached hydrogen (secondary N) is 2. The van der Waals surface area contributed by atoms with Crippen LogP contribution in [0.4, 0.5) is 0 Å². The van der Waals surface area contributed by atoms with Crippen LogP contribution in [0.2, 0.25) is 0 Å². The van der Waals surface area contributed by atoms with Gasteiger partial charge in [0.1, 0.15) is 11.6 Å². The van der Waals surface area contributed by atoms with Crippen LogP contribution in [0.25, 0.3) is 22.2 Å². The van der Waals surface area contributed by atoms with Gasteiger partial charge in [0.15, 0.2) is 0 Å². The SMILES string of the molecule is COc1ccc([C@@H]2CN(S(C)(=O)=O)C[C@H]2c2nc3ccc(-c4cn[nH]c4)cc3[nH]2)cc1. The lowest BCUT2D eigenvalue weighted by Gasteiger charge is -2.17. The fourth-order valence-electron chi connectivity index (χ4n) is 4.30. The summed E-state index contributed by atoms with van der Waals surface area (Å²) in [7, 11) is -1.68.